The summed E-state index contributed by atoms with van der Waals surface area (Å²) in [7, 11) is 0. The lowest BCUT2D eigenvalue weighted by Crippen LogP contribution is -2.33. The normalized spacial score (nSPS) is 23.2. The van der Waals surface area contributed by atoms with Gasteiger partial charge in [0.15, 0.2) is 0 Å². The van der Waals surface area contributed by atoms with Crippen LogP contribution in [-0.2, 0) is 0 Å². The smallest absolute Gasteiger partial charge is 0.120 e. The standard InChI is InChI=1S/C16H28N2O/c1-4-10-18-11-5-6-15(9-12-18)17-14(3)16-8-7-13(2)19-16/h7-8,14-15,17H,4-6,9-12H2,1-3H3. The molecule has 2 unspecified atom stereocenters. The van der Waals surface area contributed by atoms with Crippen molar-refractivity contribution in [2.24, 2.45) is 0 Å². The maximum atomic E-state index is 5.70. The quantitative estimate of drug-likeness (QED) is 0.882. The van der Waals surface area contributed by atoms with Crippen LogP contribution in [-0.4, -0.2) is 30.6 Å². The Labute approximate surface area is 117 Å². The minimum atomic E-state index is 0.316. The number of furan rings is 1. The fourth-order valence-electron chi connectivity index (χ4n) is 2.98. The maximum absolute atomic E-state index is 5.70. The van der Waals surface area contributed by atoms with E-state index in [1.54, 1.807) is 0 Å². The van der Waals surface area contributed by atoms with Crippen LogP contribution in [0.2, 0.25) is 0 Å². The third kappa shape index (κ3) is 4.36. The number of rotatable bonds is 5. The van der Waals surface area contributed by atoms with Crippen molar-refractivity contribution in [1.82, 2.24) is 10.2 Å². The molecule has 0 aromatic carbocycles. The number of likely N-dealkylation sites (tertiary alicyclic amines) is 1. The van der Waals surface area contributed by atoms with Gasteiger partial charge >= 0.3 is 0 Å². The lowest BCUT2D eigenvalue weighted by molar-refractivity contribution is 0.280. The molecule has 3 nitrogen and oxygen atoms in total. The van der Waals surface area contributed by atoms with E-state index in [2.05, 4.69) is 30.1 Å². The van der Waals surface area contributed by atoms with Crippen LogP contribution in [0.5, 0.6) is 0 Å². The van der Waals surface area contributed by atoms with Crippen molar-refractivity contribution in [2.75, 3.05) is 19.6 Å². The molecule has 19 heavy (non-hydrogen) atoms. The Balaban J connectivity index is 1.82. The lowest BCUT2D eigenvalue weighted by atomic mass is 10.1. The average Bonchev–Trinajstić information content (AvgIpc) is 2.70. The van der Waals surface area contributed by atoms with Crippen molar-refractivity contribution >= 4 is 0 Å². The molecule has 1 aliphatic rings. The molecule has 0 amide bonds. The van der Waals surface area contributed by atoms with E-state index in [1.165, 1.54) is 45.3 Å². The zero-order chi connectivity index (χ0) is 13.7. The van der Waals surface area contributed by atoms with Crippen LogP contribution in [0.15, 0.2) is 16.5 Å². The first-order valence-corrected chi connectivity index (χ1v) is 7.73. The molecule has 0 saturated carbocycles. The van der Waals surface area contributed by atoms with Crippen LogP contribution < -0.4 is 5.32 Å². The maximum Gasteiger partial charge on any atom is 0.120 e. The van der Waals surface area contributed by atoms with Crippen molar-refractivity contribution in [3.05, 3.63) is 23.7 Å². The molecule has 108 valence electrons. The fraction of sp³-hybridized carbons (Fsp3) is 0.750. The molecule has 3 heteroatoms. The first-order valence-electron chi connectivity index (χ1n) is 7.73. The van der Waals surface area contributed by atoms with E-state index >= 15 is 0 Å². The van der Waals surface area contributed by atoms with Crippen molar-refractivity contribution in [3.8, 4) is 0 Å². The van der Waals surface area contributed by atoms with Gasteiger partial charge in [-0.3, -0.25) is 0 Å². The zero-order valence-corrected chi connectivity index (χ0v) is 12.6. The predicted molar refractivity (Wildman–Crippen MR) is 79.4 cm³/mol. The number of hydrogen-bond acceptors (Lipinski definition) is 3. The van der Waals surface area contributed by atoms with Gasteiger partial charge in [0.2, 0.25) is 0 Å². The topological polar surface area (TPSA) is 28.4 Å². The van der Waals surface area contributed by atoms with Crippen LogP contribution in [0.25, 0.3) is 0 Å². The lowest BCUT2D eigenvalue weighted by Gasteiger charge is -2.21. The van der Waals surface area contributed by atoms with Crippen LogP contribution in [0.1, 0.15) is 57.1 Å². The number of aryl methyl sites for hydroxylation is 1. The summed E-state index contributed by atoms with van der Waals surface area (Å²) in [5.41, 5.74) is 0. The van der Waals surface area contributed by atoms with Gasteiger partial charge in [-0.25, -0.2) is 0 Å². The highest BCUT2D eigenvalue weighted by Gasteiger charge is 2.19. The van der Waals surface area contributed by atoms with E-state index in [-0.39, 0.29) is 0 Å². The highest BCUT2D eigenvalue weighted by Crippen LogP contribution is 2.19. The summed E-state index contributed by atoms with van der Waals surface area (Å²) >= 11 is 0. The van der Waals surface area contributed by atoms with Gasteiger partial charge in [0.1, 0.15) is 11.5 Å². The second-order valence-electron chi connectivity index (χ2n) is 5.81. The largest absolute Gasteiger partial charge is 0.465 e. The summed E-state index contributed by atoms with van der Waals surface area (Å²) in [5.74, 6) is 2.06. The van der Waals surface area contributed by atoms with Gasteiger partial charge in [0.25, 0.3) is 0 Å². The van der Waals surface area contributed by atoms with Crippen molar-refractivity contribution in [2.45, 2.75) is 58.5 Å². The van der Waals surface area contributed by atoms with Gasteiger partial charge < -0.3 is 14.6 Å². The minimum absolute atomic E-state index is 0.316. The van der Waals surface area contributed by atoms with Gasteiger partial charge in [-0.05, 0) is 71.3 Å². The molecule has 0 radical (unpaired) electrons. The molecule has 2 rings (SSSR count). The Morgan fingerprint density at radius 1 is 1.37 bits per heavy atom. The Hall–Kier alpha value is -0.800. The van der Waals surface area contributed by atoms with E-state index in [9.17, 15) is 0 Å². The summed E-state index contributed by atoms with van der Waals surface area (Å²) in [5, 5.41) is 3.73. The molecule has 1 aromatic rings. The Morgan fingerprint density at radius 3 is 2.89 bits per heavy atom. The van der Waals surface area contributed by atoms with E-state index in [1.807, 2.05) is 13.0 Å². The molecule has 0 spiro atoms. The number of nitrogens with one attached hydrogen (secondary N) is 1. The molecular formula is C16H28N2O. The molecule has 1 aliphatic heterocycles. The zero-order valence-electron chi connectivity index (χ0n) is 12.6. The SMILES string of the molecule is CCCN1CCCC(NC(C)c2ccc(C)o2)CC1. The summed E-state index contributed by atoms with van der Waals surface area (Å²) in [6.07, 6.45) is 5.11. The minimum Gasteiger partial charge on any atom is -0.465 e. The van der Waals surface area contributed by atoms with Crippen LogP contribution in [0, 0.1) is 6.92 Å². The highest BCUT2D eigenvalue weighted by atomic mass is 16.3. The number of nitrogens with zero attached hydrogens (tertiary/aromatic N) is 1. The molecule has 2 heterocycles. The molecule has 2 atom stereocenters. The molecule has 1 fully saturated rings. The summed E-state index contributed by atoms with van der Waals surface area (Å²) in [4.78, 5) is 2.60. The molecule has 1 aromatic heterocycles. The van der Waals surface area contributed by atoms with Gasteiger partial charge in [-0.15, -0.1) is 0 Å². The molecule has 1 N–H and O–H groups in total. The van der Waals surface area contributed by atoms with E-state index in [4.69, 9.17) is 4.42 Å². The molecular weight excluding hydrogens is 236 g/mol. The summed E-state index contributed by atoms with van der Waals surface area (Å²) in [6, 6.07) is 5.08. The number of hydrogen-bond donors (Lipinski definition) is 1. The molecule has 0 bridgehead atoms. The Bertz CT molecular complexity index is 375. The predicted octanol–water partition coefficient (Wildman–Crippen LogP) is 3.50. The average molecular weight is 264 g/mol. The van der Waals surface area contributed by atoms with E-state index < -0.39 is 0 Å². The monoisotopic (exact) mass is 264 g/mol. The van der Waals surface area contributed by atoms with E-state index in [0.717, 1.165) is 11.5 Å². The van der Waals surface area contributed by atoms with Crippen LogP contribution >= 0.6 is 0 Å². The first kappa shape index (κ1) is 14.6. The van der Waals surface area contributed by atoms with Crippen molar-refractivity contribution < 1.29 is 4.42 Å². The van der Waals surface area contributed by atoms with Crippen LogP contribution in [0.3, 0.4) is 0 Å². The van der Waals surface area contributed by atoms with Gasteiger partial charge in [-0.2, -0.15) is 0 Å². The van der Waals surface area contributed by atoms with Gasteiger partial charge in [0, 0.05) is 6.04 Å². The highest BCUT2D eigenvalue weighted by molar-refractivity contribution is 5.09. The van der Waals surface area contributed by atoms with Crippen molar-refractivity contribution in [3.63, 3.8) is 0 Å². The third-order valence-electron chi connectivity index (χ3n) is 4.03. The van der Waals surface area contributed by atoms with Crippen molar-refractivity contribution in [1.29, 1.82) is 0 Å². The summed E-state index contributed by atoms with van der Waals surface area (Å²) in [6.45, 7) is 10.2. The summed E-state index contributed by atoms with van der Waals surface area (Å²) < 4.78 is 5.70. The Morgan fingerprint density at radius 2 is 2.21 bits per heavy atom. The molecule has 0 aliphatic carbocycles. The fourth-order valence-corrected chi connectivity index (χ4v) is 2.98. The first-order chi connectivity index (χ1) is 9.19. The van der Waals surface area contributed by atoms with Gasteiger partial charge in [-0.1, -0.05) is 6.92 Å². The molecule has 1 saturated heterocycles. The van der Waals surface area contributed by atoms with Gasteiger partial charge in [0.05, 0.1) is 6.04 Å². The van der Waals surface area contributed by atoms with E-state index in [0.29, 0.717) is 12.1 Å². The van der Waals surface area contributed by atoms with Crippen LogP contribution in [0.4, 0.5) is 0 Å². The second-order valence-corrected chi connectivity index (χ2v) is 5.81. The second kappa shape index (κ2) is 7.11. The Kier molecular flexibility index (Phi) is 5.46. The third-order valence-corrected chi connectivity index (χ3v) is 4.03.